The molecule has 2 fully saturated rings. The highest BCUT2D eigenvalue weighted by Crippen LogP contribution is 2.32. The summed E-state index contributed by atoms with van der Waals surface area (Å²) in [5.74, 6) is 1.71. The Balaban J connectivity index is 1.91. The predicted molar refractivity (Wildman–Crippen MR) is 66.6 cm³/mol. The minimum Gasteiger partial charge on any atom is -0.381 e. The highest BCUT2D eigenvalue weighted by molar-refractivity contribution is 4.91. The lowest BCUT2D eigenvalue weighted by atomic mass is 9.86. The van der Waals surface area contributed by atoms with Crippen LogP contribution in [0.4, 0.5) is 0 Å². The van der Waals surface area contributed by atoms with Crippen LogP contribution in [0.2, 0.25) is 0 Å². The Morgan fingerprint density at radius 2 is 2.00 bits per heavy atom. The highest BCUT2D eigenvalue weighted by Gasteiger charge is 2.38. The zero-order chi connectivity index (χ0) is 11.6. The van der Waals surface area contributed by atoms with Crippen LogP contribution in [0.3, 0.4) is 0 Å². The van der Waals surface area contributed by atoms with Gasteiger partial charge in [-0.2, -0.15) is 0 Å². The molecule has 0 aromatic carbocycles. The Labute approximate surface area is 99.5 Å². The van der Waals surface area contributed by atoms with E-state index in [1.807, 2.05) is 0 Å². The van der Waals surface area contributed by atoms with Crippen LogP contribution in [0.1, 0.15) is 20.3 Å². The molecule has 0 bridgehead atoms. The molecule has 3 atom stereocenters. The lowest BCUT2D eigenvalue weighted by Crippen LogP contribution is -2.43. The van der Waals surface area contributed by atoms with Gasteiger partial charge in [0.1, 0.15) is 0 Å². The van der Waals surface area contributed by atoms with Gasteiger partial charge in [0.15, 0.2) is 0 Å². The van der Waals surface area contributed by atoms with E-state index in [0.717, 1.165) is 31.6 Å². The summed E-state index contributed by atoms with van der Waals surface area (Å²) in [6, 6.07) is 0. The number of nitrogens with zero attached hydrogens (tertiary/aromatic N) is 1. The van der Waals surface area contributed by atoms with Gasteiger partial charge in [0.2, 0.25) is 0 Å². The summed E-state index contributed by atoms with van der Waals surface area (Å²) in [4.78, 5) is 2.64. The van der Waals surface area contributed by atoms with Gasteiger partial charge in [0.05, 0.1) is 6.61 Å². The second kappa shape index (κ2) is 5.03. The molecule has 2 aliphatic rings. The minimum atomic E-state index is 0.374. The fourth-order valence-electron chi connectivity index (χ4n) is 3.20. The number of hydrogen-bond acceptors (Lipinski definition) is 3. The molecule has 2 rings (SSSR count). The van der Waals surface area contributed by atoms with E-state index in [4.69, 9.17) is 4.74 Å². The third-order valence-corrected chi connectivity index (χ3v) is 4.36. The van der Waals surface area contributed by atoms with Gasteiger partial charge in [0, 0.05) is 38.2 Å². The van der Waals surface area contributed by atoms with E-state index in [9.17, 15) is 0 Å². The third-order valence-electron chi connectivity index (χ3n) is 4.36. The molecule has 16 heavy (non-hydrogen) atoms. The first kappa shape index (κ1) is 12.3. The molecule has 0 radical (unpaired) electrons. The van der Waals surface area contributed by atoms with Crippen LogP contribution in [-0.2, 0) is 4.74 Å². The van der Waals surface area contributed by atoms with Crippen molar-refractivity contribution in [2.75, 3.05) is 46.4 Å². The molecule has 0 aromatic rings. The van der Waals surface area contributed by atoms with Gasteiger partial charge in [-0.05, 0) is 25.3 Å². The summed E-state index contributed by atoms with van der Waals surface area (Å²) in [6.07, 6.45) is 1.22. The van der Waals surface area contributed by atoms with Gasteiger partial charge in [0.25, 0.3) is 0 Å². The van der Waals surface area contributed by atoms with Crippen molar-refractivity contribution in [1.82, 2.24) is 10.2 Å². The topological polar surface area (TPSA) is 24.5 Å². The largest absolute Gasteiger partial charge is 0.381 e. The van der Waals surface area contributed by atoms with Crippen LogP contribution in [0, 0.1) is 17.3 Å². The van der Waals surface area contributed by atoms with Crippen molar-refractivity contribution >= 4 is 0 Å². The van der Waals surface area contributed by atoms with Crippen LogP contribution < -0.4 is 5.32 Å². The van der Waals surface area contributed by atoms with Crippen LogP contribution >= 0.6 is 0 Å². The number of likely N-dealkylation sites (tertiary alicyclic amines) is 1. The molecule has 3 nitrogen and oxygen atoms in total. The van der Waals surface area contributed by atoms with Crippen LogP contribution in [0.15, 0.2) is 0 Å². The smallest absolute Gasteiger partial charge is 0.0547 e. The SMILES string of the molecule is CNCC1(CN2CC(C)C(C)C2)CCOC1. The number of rotatable bonds is 4. The zero-order valence-corrected chi connectivity index (χ0v) is 11.0. The van der Waals surface area contributed by atoms with E-state index in [0.29, 0.717) is 5.41 Å². The minimum absolute atomic E-state index is 0.374. The zero-order valence-electron chi connectivity index (χ0n) is 11.0. The van der Waals surface area contributed by atoms with E-state index < -0.39 is 0 Å². The molecule has 2 aliphatic heterocycles. The Hall–Kier alpha value is -0.120. The van der Waals surface area contributed by atoms with E-state index in [1.165, 1.54) is 26.1 Å². The van der Waals surface area contributed by atoms with Crippen molar-refractivity contribution < 1.29 is 4.74 Å². The Kier molecular flexibility index (Phi) is 3.88. The molecule has 1 N–H and O–H groups in total. The summed E-state index contributed by atoms with van der Waals surface area (Å²) >= 11 is 0. The first-order chi connectivity index (χ1) is 7.65. The van der Waals surface area contributed by atoms with E-state index >= 15 is 0 Å². The number of ether oxygens (including phenoxy) is 1. The molecule has 0 spiro atoms. The average molecular weight is 226 g/mol. The maximum absolute atomic E-state index is 5.61. The van der Waals surface area contributed by atoms with Crippen LogP contribution in [0.5, 0.6) is 0 Å². The van der Waals surface area contributed by atoms with Crippen LogP contribution in [-0.4, -0.2) is 51.3 Å². The van der Waals surface area contributed by atoms with E-state index in [2.05, 4.69) is 31.1 Å². The standard InChI is InChI=1S/C13H26N2O/c1-11-6-15(7-12(11)2)9-13(8-14-3)4-5-16-10-13/h11-12,14H,4-10H2,1-3H3. The van der Waals surface area contributed by atoms with E-state index in [-0.39, 0.29) is 0 Å². The first-order valence-electron chi connectivity index (χ1n) is 6.60. The molecule has 0 amide bonds. The van der Waals surface area contributed by atoms with Crippen molar-refractivity contribution in [2.24, 2.45) is 17.3 Å². The molecule has 0 saturated carbocycles. The summed E-state index contributed by atoms with van der Waals surface area (Å²) in [5.41, 5.74) is 0.374. The van der Waals surface area contributed by atoms with Gasteiger partial charge in [-0.3, -0.25) is 0 Å². The van der Waals surface area contributed by atoms with Crippen molar-refractivity contribution in [3.63, 3.8) is 0 Å². The molecular weight excluding hydrogens is 200 g/mol. The molecule has 0 aromatic heterocycles. The molecule has 3 heteroatoms. The second-order valence-electron chi connectivity index (χ2n) is 5.98. The Morgan fingerprint density at radius 3 is 2.50 bits per heavy atom. The fraction of sp³-hybridized carbons (Fsp3) is 1.00. The van der Waals surface area contributed by atoms with Gasteiger partial charge < -0.3 is 15.0 Å². The molecule has 0 aliphatic carbocycles. The van der Waals surface area contributed by atoms with Gasteiger partial charge in [-0.15, -0.1) is 0 Å². The van der Waals surface area contributed by atoms with Crippen molar-refractivity contribution in [1.29, 1.82) is 0 Å². The molecule has 3 unspecified atom stereocenters. The van der Waals surface area contributed by atoms with Crippen molar-refractivity contribution in [3.8, 4) is 0 Å². The van der Waals surface area contributed by atoms with E-state index in [1.54, 1.807) is 0 Å². The number of hydrogen-bond donors (Lipinski definition) is 1. The highest BCUT2D eigenvalue weighted by atomic mass is 16.5. The monoisotopic (exact) mass is 226 g/mol. The quantitative estimate of drug-likeness (QED) is 0.779. The second-order valence-corrected chi connectivity index (χ2v) is 5.98. The summed E-state index contributed by atoms with van der Waals surface area (Å²) in [7, 11) is 2.05. The van der Waals surface area contributed by atoms with Gasteiger partial charge in [-0.1, -0.05) is 13.8 Å². The molecule has 2 saturated heterocycles. The summed E-state index contributed by atoms with van der Waals surface area (Å²) in [5, 5.41) is 3.34. The predicted octanol–water partition coefficient (Wildman–Crippen LogP) is 1.20. The fourth-order valence-corrected chi connectivity index (χ4v) is 3.20. The lowest BCUT2D eigenvalue weighted by Gasteiger charge is -2.32. The van der Waals surface area contributed by atoms with Gasteiger partial charge >= 0.3 is 0 Å². The van der Waals surface area contributed by atoms with Crippen molar-refractivity contribution in [3.05, 3.63) is 0 Å². The van der Waals surface area contributed by atoms with Gasteiger partial charge in [-0.25, -0.2) is 0 Å². The average Bonchev–Trinajstić information content (AvgIpc) is 2.77. The maximum atomic E-state index is 5.61. The van der Waals surface area contributed by atoms with Crippen LogP contribution in [0.25, 0.3) is 0 Å². The number of nitrogens with one attached hydrogen (secondary N) is 1. The summed E-state index contributed by atoms with van der Waals surface area (Å²) in [6.45, 7) is 11.5. The maximum Gasteiger partial charge on any atom is 0.0547 e. The molecule has 94 valence electrons. The normalized spacial score (nSPS) is 40.7. The molecule has 2 heterocycles. The molecular formula is C13H26N2O. The van der Waals surface area contributed by atoms with Crippen molar-refractivity contribution in [2.45, 2.75) is 20.3 Å². The first-order valence-corrected chi connectivity index (χ1v) is 6.60. The lowest BCUT2D eigenvalue weighted by molar-refractivity contribution is 0.118. The summed E-state index contributed by atoms with van der Waals surface area (Å²) < 4.78 is 5.61. The Bertz CT molecular complexity index is 216. The third kappa shape index (κ3) is 2.58. The Morgan fingerprint density at radius 1 is 1.31 bits per heavy atom.